The van der Waals surface area contributed by atoms with Crippen molar-refractivity contribution in [3.05, 3.63) is 47.2 Å². The highest BCUT2D eigenvalue weighted by Crippen LogP contribution is 2.50. The maximum atomic E-state index is 11.9. The van der Waals surface area contributed by atoms with E-state index in [1.54, 1.807) is 24.1 Å². The quantitative estimate of drug-likeness (QED) is 0.754. The van der Waals surface area contributed by atoms with Crippen LogP contribution in [0.15, 0.2) is 35.6 Å². The molecule has 1 N–H and O–H groups in total. The summed E-state index contributed by atoms with van der Waals surface area (Å²) in [5.74, 6) is 3.55. The van der Waals surface area contributed by atoms with Crippen LogP contribution in [0.25, 0.3) is 5.82 Å². The van der Waals surface area contributed by atoms with Gasteiger partial charge in [0, 0.05) is 26.0 Å². The zero-order valence-corrected chi connectivity index (χ0v) is 14.5. The SMILES string of the molecule is Cn1c(C2C(C3CC3)CCN2c2ccc(-n3ccnc3)nn2)n[nH]c1=O. The van der Waals surface area contributed by atoms with Gasteiger partial charge < -0.3 is 4.90 Å². The van der Waals surface area contributed by atoms with Gasteiger partial charge in [0.2, 0.25) is 0 Å². The molecule has 0 spiro atoms. The maximum Gasteiger partial charge on any atom is 0.343 e. The van der Waals surface area contributed by atoms with E-state index in [4.69, 9.17) is 0 Å². The van der Waals surface area contributed by atoms with E-state index in [-0.39, 0.29) is 11.7 Å². The van der Waals surface area contributed by atoms with Crippen LogP contribution in [0, 0.1) is 11.8 Å². The lowest BCUT2D eigenvalue weighted by molar-refractivity contribution is 0.405. The van der Waals surface area contributed by atoms with Gasteiger partial charge >= 0.3 is 5.69 Å². The lowest BCUT2D eigenvalue weighted by Crippen LogP contribution is -2.30. The van der Waals surface area contributed by atoms with Crippen LogP contribution >= 0.6 is 0 Å². The molecule has 134 valence electrons. The van der Waals surface area contributed by atoms with Gasteiger partial charge in [0.15, 0.2) is 17.5 Å². The predicted molar refractivity (Wildman–Crippen MR) is 93.9 cm³/mol. The molecule has 3 aromatic heterocycles. The molecule has 1 aliphatic carbocycles. The summed E-state index contributed by atoms with van der Waals surface area (Å²) < 4.78 is 3.44. The lowest BCUT2D eigenvalue weighted by Gasteiger charge is -2.28. The third kappa shape index (κ3) is 2.42. The molecule has 2 atom stereocenters. The minimum absolute atomic E-state index is 0.0554. The molecular weight excluding hydrogens is 332 g/mol. The number of aromatic nitrogens is 7. The van der Waals surface area contributed by atoms with Gasteiger partial charge in [0.05, 0.1) is 6.04 Å². The summed E-state index contributed by atoms with van der Waals surface area (Å²) in [6, 6.07) is 3.98. The zero-order valence-electron chi connectivity index (χ0n) is 14.5. The van der Waals surface area contributed by atoms with E-state index in [0.29, 0.717) is 5.92 Å². The first-order valence-electron chi connectivity index (χ1n) is 8.92. The van der Waals surface area contributed by atoms with Gasteiger partial charge in [0.1, 0.15) is 6.33 Å². The highest BCUT2D eigenvalue weighted by Gasteiger charge is 2.46. The van der Waals surface area contributed by atoms with E-state index < -0.39 is 0 Å². The number of hydrogen-bond donors (Lipinski definition) is 1. The Kier molecular flexibility index (Phi) is 3.41. The Bertz CT molecular complexity index is 954. The normalized spacial score (nSPS) is 22.9. The molecule has 2 aliphatic rings. The Hall–Kier alpha value is -2.97. The third-order valence-corrected chi connectivity index (χ3v) is 5.55. The second kappa shape index (κ2) is 5.79. The van der Waals surface area contributed by atoms with Crippen LogP contribution in [-0.2, 0) is 7.05 Å². The van der Waals surface area contributed by atoms with Crippen LogP contribution in [0.1, 0.15) is 31.1 Å². The fourth-order valence-electron chi connectivity index (χ4n) is 4.05. The van der Waals surface area contributed by atoms with Gasteiger partial charge in [-0.15, -0.1) is 10.2 Å². The zero-order chi connectivity index (χ0) is 17.7. The highest BCUT2D eigenvalue weighted by molar-refractivity contribution is 5.44. The summed E-state index contributed by atoms with van der Waals surface area (Å²) in [5, 5.41) is 15.7. The van der Waals surface area contributed by atoms with E-state index in [1.165, 1.54) is 12.8 Å². The second-order valence-corrected chi connectivity index (χ2v) is 7.09. The van der Waals surface area contributed by atoms with Gasteiger partial charge in [-0.2, -0.15) is 5.10 Å². The van der Waals surface area contributed by atoms with E-state index in [2.05, 4.69) is 30.3 Å². The van der Waals surface area contributed by atoms with Crippen LogP contribution in [0.2, 0.25) is 0 Å². The molecule has 0 bridgehead atoms. The van der Waals surface area contributed by atoms with Crippen LogP contribution in [0.3, 0.4) is 0 Å². The van der Waals surface area contributed by atoms with Crippen molar-refractivity contribution in [3.63, 3.8) is 0 Å². The minimum Gasteiger partial charge on any atom is -0.345 e. The Morgan fingerprint density at radius 1 is 1.15 bits per heavy atom. The van der Waals surface area contributed by atoms with E-state index in [9.17, 15) is 4.79 Å². The van der Waals surface area contributed by atoms with E-state index in [0.717, 1.165) is 36.3 Å². The van der Waals surface area contributed by atoms with Crippen molar-refractivity contribution >= 4 is 5.82 Å². The standard InChI is InChI=1S/C17H20N8O/c1-23-16(21-22-17(23)26)15-12(11-2-3-11)6-8-25(15)14-5-4-13(19-20-14)24-9-7-18-10-24/h4-5,7,9-12,15H,2-3,6,8H2,1H3,(H,22,26). The van der Waals surface area contributed by atoms with Crippen molar-refractivity contribution in [2.45, 2.75) is 25.3 Å². The molecule has 0 radical (unpaired) electrons. The van der Waals surface area contributed by atoms with Crippen LogP contribution in [0.5, 0.6) is 0 Å². The molecule has 26 heavy (non-hydrogen) atoms. The first kappa shape index (κ1) is 15.3. The fourth-order valence-corrected chi connectivity index (χ4v) is 4.05. The molecular formula is C17H20N8O. The Morgan fingerprint density at radius 2 is 1.96 bits per heavy atom. The summed E-state index contributed by atoms with van der Waals surface area (Å²) in [7, 11) is 1.77. The number of rotatable bonds is 4. The number of nitrogens with zero attached hydrogens (tertiary/aromatic N) is 7. The van der Waals surface area contributed by atoms with Crippen LogP contribution in [0.4, 0.5) is 5.82 Å². The first-order valence-corrected chi connectivity index (χ1v) is 8.92. The lowest BCUT2D eigenvalue weighted by atomic mass is 9.94. The fraction of sp³-hybridized carbons (Fsp3) is 0.471. The molecule has 2 unspecified atom stereocenters. The summed E-state index contributed by atoms with van der Waals surface area (Å²) in [6.45, 7) is 0.895. The van der Waals surface area contributed by atoms with Crippen molar-refractivity contribution in [1.29, 1.82) is 0 Å². The molecule has 0 amide bonds. The Labute approximate surface area is 149 Å². The van der Waals surface area contributed by atoms with Crippen LogP contribution in [-0.4, -0.2) is 41.1 Å². The number of H-pyrrole nitrogens is 1. The number of hydrogen-bond acceptors (Lipinski definition) is 6. The van der Waals surface area contributed by atoms with Crippen molar-refractivity contribution in [1.82, 2.24) is 34.5 Å². The average Bonchev–Trinajstić information content (AvgIpc) is 3.07. The van der Waals surface area contributed by atoms with Gasteiger partial charge in [-0.1, -0.05) is 0 Å². The van der Waals surface area contributed by atoms with E-state index >= 15 is 0 Å². The van der Waals surface area contributed by atoms with Crippen molar-refractivity contribution in [2.24, 2.45) is 18.9 Å². The molecule has 3 aromatic rings. The number of nitrogens with one attached hydrogen (secondary N) is 1. The van der Waals surface area contributed by atoms with Gasteiger partial charge in [-0.25, -0.2) is 14.9 Å². The minimum atomic E-state index is -0.178. The molecule has 5 rings (SSSR count). The van der Waals surface area contributed by atoms with Gasteiger partial charge in [0.25, 0.3) is 0 Å². The molecule has 4 heterocycles. The maximum absolute atomic E-state index is 11.9. The molecule has 1 aliphatic heterocycles. The molecule has 1 saturated heterocycles. The molecule has 9 nitrogen and oxygen atoms in total. The highest BCUT2D eigenvalue weighted by atomic mass is 16.1. The van der Waals surface area contributed by atoms with E-state index in [1.807, 2.05) is 22.9 Å². The molecule has 9 heteroatoms. The number of anilines is 1. The molecule has 2 fully saturated rings. The first-order chi connectivity index (χ1) is 12.7. The Morgan fingerprint density at radius 3 is 2.58 bits per heavy atom. The largest absolute Gasteiger partial charge is 0.345 e. The Balaban J connectivity index is 1.50. The summed E-state index contributed by atoms with van der Waals surface area (Å²) in [4.78, 5) is 18.2. The summed E-state index contributed by atoms with van der Waals surface area (Å²) >= 11 is 0. The number of aromatic amines is 1. The molecule has 1 saturated carbocycles. The second-order valence-electron chi connectivity index (χ2n) is 7.09. The smallest absolute Gasteiger partial charge is 0.343 e. The summed E-state index contributed by atoms with van der Waals surface area (Å²) in [5.41, 5.74) is -0.178. The average molecular weight is 352 g/mol. The third-order valence-electron chi connectivity index (χ3n) is 5.55. The van der Waals surface area contributed by atoms with Gasteiger partial charge in [-0.3, -0.25) is 9.13 Å². The predicted octanol–water partition coefficient (Wildman–Crippen LogP) is 1.06. The summed E-state index contributed by atoms with van der Waals surface area (Å²) in [6.07, 6.45) is 8.86. The van der Waals surface area contributed by atoms with Crippen molar-refractivity contribution < 1.29 is 0 Å². The topological polar surface area (TPSA) is 97.5 Å². The monoisotopic (exact) mass is 352 g/mol. The van der Waals surface area contributed by atoms with Gasteiger partial charge in [-0.05, 0) is 43.2 Å². The number of imidazole rings is 1. The van der Waals surface area contributed by atoms with Crippen molar-refractivity contribution in [3.8, 4) is 5.82 Å². The van der Waals surface area contributed by atoms with Crippen LogP contribution < -0.4 is 10.6 Å². The molecule has 0 aromatic carbocycles. The van der Waals surface area contributed by atoms with Crippen molar-refractivity contribution in [2.75, 3.05) is 11.4 Å².